The van der Waals surface area contributed by atoms with Gasteiger partial charge in [-0.3, -0.25) is 14.3 Å². The van der Waals surface area contributed by atoms with Crippen LogP contribution in [0, 0.1) is 0 Å². The highest BCUT2D eigenvalue weighted by Gasteiger charge is 2.26. The van der Waals surface area contributed by atoms with Crippen molar-refractivity contribution in [2.24, 2.45) is 7.05 Å². The molecule has 2 amide bonds. The van der Waals surface area contributed by atoms with Gasteiger partial charge in [-0.05, 0) is 49.8 Å². The van der Waals surface area contributed by atoms with Crippen LogP contribution in [-0.4, -0.2) is 27.9 Å². The zero-order chi connectivity index (χ0) is 17.1. The van der Waals surface area contributed by atoms with E-state index in [0.29, 0.717) is 5.69 Å². The molecule has 2 N–H and O–H groups in total. The number of nitrogens with one attached hydrogen (secondary N) is 2. The summed E-state index contributed by atoms with van der Waals surface area (Å²) in [6.07, 6.45) is 6.50. The van der Waals surface area contributed by atoms with Crippen molar-refractivity contribution in [3.05, 3.63) is 41.7 Å². The van der Waals surface area contributed by atoms with Crippen LogP contribution in [0.1, 0.15) is 30.1 Å². The van der Waals surface area contributed by atoms with Crippen LogP contribution in [0.3, 0.4) is 0 Å². The number of anilines is 1. The summed E-state index contributed by atoms with van der Waals surface area (Å²) in [6, 6.07) is 7.23. The summed E-state index contributed by atoms with van der Waals surface area (Å²) in [4.78, 5) is 25.4. The molecule has 0 saturated carbocycles. The molecule has 2 aromatic rings. The zero-order valence-corrected chi connectivity index (χ0v) is 14.5. The summed E-state index contributed by atoms with van der Waals surface area (Å²) in [5.41, 5.74) is 2.74. The van der Waals surface area contributed by atoms with Crippen molar-refractivity contribution >= 4 is 29.3 Å². The molecule has 0 bridgehead atoms. The van der Waals surface area contributed by atoms with Crippen molar-refractivity contribution in [2.45, 2.75) is 30.2 Å². The lowest BCUT2D eigenvalue weighted by atomic mass is 9.93. The fraction of sp³-hybridized carbons (Fsp3) is 0.353. The van der Waals surface area contributed by atoms with Gasteiger partial charge in [0.25, 0.3) is 0 Å². The molecule has 1 aliphatic rings. The number of thioether (sulfide) groups is 1. The summed E-state index contributed by atoms with van der Waals surface area (Å²) in [7, 11) is 1.90. The van der Waals surface area contributed by atoms with Crippen molar-refractivity contribution in [3.63, 3.8) is 0 Å². The monoisotopic (exact) mass is 344 g/mol. The SMILES string of the molecule is CSc1ccc(NC(=O)C(=O)N[C@@H]2CCCc3c2cnn3C)cc1. The smallest absolute Gasteiger partial charge is 0.313 e. The Bertz CT molecular complexity index is 754. The Morgan fingerprint density at radius 2 is 2.00 bits per heavy atom. The predicted molar refractivity (Wildman–Crippen MR) is 93.9 cm³/mol. The summed E-state index contributed by atoms with van der Waals surface area (Å²) in [5.74, 6) is -1.27. The second-order valence-electron chi connectivity index (χ2n) is 5.77. The number of aromatic nitrogens is 2. The number of hydrogen-bond acceptors (Lipinski definition) is 4. The number of rotatable bonds is 3. The molecule has 0 spiro atoms. The highest BCUT2D eigenvalue weighted by Crippen LogP contribution is 2.29. The molecule has 7 heteroatoms. The maximum absolute atomic E-state index is 12.2. The van der Waals surface area contributed by atoms with Crippen LogP contribution in [0.25, 0.3) is 0 Å². The molecule has 1 aromatic carbocycles. The molecule has 1 atom stereocenters. The molecular weight excluding hydrogens is 324 g/mol. The van der Waals surface area contributed by atoms with Gasteiger partial charge in [0.05, 0.1) is 12.2 Å². The minimum absolute atomic E-state index is 0.153. The zero-order valence-electron chi connectivity index (χ0n) is 13.7. The number of nitrogens with zero attached hydrogens (tertiary/aromatic N) is 2. The molecule has 1 aromatic heterocycles. The van der Waals surface area contributed by atoms with Gasteiger partial charge in [0, 0.05) is 28.9 Å². The van der Waals surface area contributed by atoms with Gasteiger partial charge >= 0.3 is 11.8 Å². The minimum Gasteiger partial charge on any atom is -0.341 e. The second kappa shape index (κ2) is 7.09. The molecule has 0 aliphatic heterocycles. The number of hydrogen-bond donors (Lipinski definition) is 2. The number of amides is 2. The normalized spacial score (nSPS) is 16.3. The first-order chi connectivity index (χ1) is 11.6. The van der Waals surface area contributed by atoms with E-state index in [-0.39, 0.29) is 6.04 Å². The van der Waals surface area contributed by atoms with Crippen molar-refractivity contribution in [1.82, 2.24) is 15.1 Å². The lowest BCUT2D eigenvalue weighted by Gasteiger charge is -2.23. The fourth-order valence-corrected chi connectivity index (χ4v) is 3.35. The van der Waals surface area contributed by atoms with Gasteiger partial charge in [0.15, 0.2) is 0 Å². The maximum atomic E-state index is 12.2. The van der Waals surface area contributed by atoms with E-state index >= 15 is 0 Å². The number of fused-ring (bicyclic) bond motifs is 1. The highest BCUT2D eigenvalue weighted by atomic mass is 32.2. The van der Waals surface area contributed by atoms with E-state index in [1.165, 1.54) is 0 Å². The Balaban J connectivity index is 1.63. The van der Waals surface area contributed by atoms with E-state index in [0.717, 1.165) is 35.4 Å². The van der Waals surface area contributed by atoms with Gasteiger partial charge < -0.3 is 10.6 Å². The number of benzene rings is 1. The molecule has 24 heavy (non-hydrogen) atoms. The third kappa shape index (κ3) is 3.46. The van der Waals surface area contributed by atoms with Crippen molar-refractivity contribution in [2.75, 3.05) is 11.6 Å². The topological polar surface area (TPSA) is 76.0 Å². The van der Waals surface area contributed by atoms with E-state index in [9.17, 15) is 9.59 Å². The second-order valence-corrected chi connectivity index (χ2v) is 6.65. The van der Waals surface area contributed by atoms with Crippen LogP contribution in [0.4, 0.5) is 5.69 Å². The average Bonchev–Trinajstić information content (AvgIpc) is 2.98. The van der Waals surface area contributed by atoms with Crippen LogP contribution < -0.4 is 10.6 Å². The fourth-order valence-electron chi connectivity index (χ4n) is 2.94. The quantitative estimate of drug-likeness (QED) is 0.662. The third-order valence-corrected chi connectivity index (χ3v) is 4.98. The highest BCUT2D eigenvalue weighted by molar-refractivity contribution is 7.98. The molecule has 0 unspecified atom stereocenters. The van der Waals surface area contributed by atoms with Crippen LogP contribution >= 0.6 is 11.8 Å². The van der Waals surface area contributed by atoms with Crippen molar-refractivity contribution in [3.8, 4) is 0 Å². The Kier molecular flexibility index (Phi) is 4.89. The Labute approximate surface area is 145 Å². The average molecular weight is 344 g/mol. The molecular formula is C17H20N4O2S. The molecule has 0 saturated heterocycles. The standard InChI is InChI=1S/C17H20N4O2S/c1-21-15-5-3-4-14(13(15)10-18-21)20-17(23)16(22)19-11-6-8-12(24-2)9-7-11/h6-10,14H,3-5H2,1-2H3,(H,19,22)(H,20,23)/t14-/m1/s1. The first-order valence-electron chi connectivity index (χ1n) is 7.85. The predicted octanol–water partition coefficient (Wildman–Crippen LogP) is 2.27. The maximum Gasteiger partial charge on any atom is 0.313 e. The molecule has 0 radical (unpaired) electrons. The van der Waals surface area contributed by atoms with Crippen LogP contribution in [0.5, 0.6) is 0 Å². The Morgan fingerprint density at radius 3 is 2.71 bits per heavy atom. The lowest BCUT2D eigenvalue weighted by Crippen LogP contribution is -2.38. The van der Waals surface area contributed by atoms with Gasteiger partial charge in [-0.1, -0.05) is 0 Å². The van der Waals surface area contributed by atoms with E-state index < -0.39 is 11.8 Å². The lowest BCUT2D eigenvalue weighted by molar-refractivity contribution is -0.136. The van der Waals surface area contributed by atoms with Crippen LogP contribution in [0.15, 0.2) is 35.4 Å². The van der Waals surface area contributed by atoms with Gasteiger partial charge in [-0.25, -0.2) is 0 Å². The number of carbonyl (C=O) groups is 2. The van der Waals surface area contributed by atoms with E-state index in [4.69, 9.17) is 0 Å². The Morgan fingerprint density at radius 1 is 1.25 bits per heavy atom. The molecule has 0 fully saturated rings. The number of carbonyl (C=O) groups excluding carboxylic acids is 2. The summed E-state index contributed by atoms with van der Waals surface area (Å²) in [5, 5.41) is 9.70. The van der Waals surface area contributed by atoms with Gasteiger partial charge in [0.2, 0.25) is 0 Å². The van der Waals surface area contributed by atoms with E-state index in [2.05, 4.69) is 15.7 Å². The van der Waals surface area contributed by atoms with Crippen LogP contribution in [-0.2, 0) is 23.1 Å². The molecule has 6 nitrogen and oxygen atoms in total. The largest absolute Gasteiger partial charge is 0.341 e. The summed E-state index contributed by atoms with van der Waals surface area (Å²) < 4.78 is 1.83. The van der Waals surface area contributed by atoms with E-state index in [1.54, 1.807) is 30.1 Å². The van der Waals surface area contributed by atoms with E-state index in [1.807, 2.05) is 30.1 Å². The third-order valence-electron chi connectivity index (χ3n) is 4.24. The van der Waals surface area contributed by atoms with Crippen molar-refractivity contribution < 1.29 is 9.59 Å². The minimum atomic E-state index is -0.650. The van der Waals surface area contributed by atoms with Crippen LogP contribution in [0.2, 0.25) is 0 Å². The first-order valence-corrected chi connectivity index (χ1v) is 9.07. The summed E-state index contributed by atoms with van der Waals surface area (Å²) >= 11 is 1.62. The molecule has 126 valence electrons. The van der Waals surface area contributed by atoms with Gasteiger partial charge in [0.1, 0.15) is 0 Å². The summed E-state index contributed by atoms with van der Waals surface area (Å²) in [6.45, 7) is 0. The molecule has 1 heterocycles. The number of aryl methyl sites for hydroxylation is 1. The van der Waals surface area contributed by atoms with Crippen molar-refractivity contribution in [1.29, 1.82) is 0 Å². The molecule has 1 aliphatic carbocycles. The first kappa shape index (κ1) is 16.6. The Hall–Kier alpha value is -2.28. The van der Waals surface area contributed by atoms with Gasteiger partial charge in [-0.15, -0.1) is 11.8 Å². The molecule has 3 rings (SSSR count). The van der Waals surface area contributed by atoms with Gasteiger partial charge in [-0.2, -0.15) is 5.10 Å².